The number of hydrogen-bond acceptors (Lipinski definition) is 4. The van der Waals surface area contributed by atoms with Gasteiger partial charge < -0.3 is 15.4 Å². The number of hydrogen-bond donors (Lipinski definition) is 2. The Morgan fingerprint density at radius 2 is 1.96 bits per heavy atom. The van der Waals surface area contributed by atoms with E-state index in [1.54, 1.807) is 13.2 Å². The fourth-order valence-electron chi connectivity index (χ4n) is 3.09. The maximum absolute atomic E-state index is 12.6. The van der Waals surface area contributed by atoms with Crippen molar-refractivity contribution < 1.29 is 14.3 Å². The zero-order valence-corrected chi connectivity index (χ0v) is 15.0. The van der Waals surface area contributed by atoms with Crippen molar-refractivity contribution in [1.29, 1.82) is 0 Å². The van der Waals surface area contributed by atoms with Crippen molar-refractivity contribution >= 4 is 28.8 Å². The Balaban J connectivity index is 1.68. The molecule has 2 N–H and O–H groups in total. The van der Waals surface area contributed by atoms with Crippen molar-refractivity contribution in [2.24, 2.45) is 0 Å². The average molecular weight is 358 g/mol. The molecule has 132 valence electrons. The van der Waals surface area contributed by atoms with E-state index in [1.165, 1.54) is 11.3 Å². The molecule has 1 aliphatic rings. The van der Waals surface area contributed by atoms with Crippen molar-refractivity contribution in [2.75, 3.05) is 25.6 Å². The van der Waals surface area contributed by atoms with Crippen LogP contribution in [0.15, 0.2) is 41.8 Å². The Morgan fingerprint density at radius 3 is 2.52 bits per heavy atom. The van der Waals surface area contributed by atoms with Crippen LogP contribution in [0, 0.1) is 0 Å². The number of anilines is 1. The Labute approximate surface area is 151 Å². The second-order valence-electron chi connectivity index (χ2n) is 6.19. The van der Waals surface area contributed by atoms with Gasteiger partial charge in [-0.15, -0.1) is 11.3 Å². The number of carbonyl (C=O) groups is 2. The molecule has 1 heterocycles. The number of methoxy groups -OCH3 is 1. The summed E-state index contributed by atoms with van der Waals surface area (Å²) in [6.07, 6.45) is 2.76. The maximum atomic E-state index is 12.6. The number of nitrogens with one attached hydrogen (secondary N) is 2. The van der Waals surface area contributed by atoms with Gasteiger partial charge in [0.05, 0.1) is 16.9 Å². The van der Waals surface area contributed by atoms with Crippen LogP contribution in [0.25, 0.3) is 0 Å². The van der Waals surface area contributed by atoms with Crippen LogP contribution >= 0.6 is 11.3 Å². The van der Waals surface area contributed by atoms with E-state index in [2.05, 4.69) is 10.6 Å². The second kappa shape index (κ2) is 7.80. The standard InChI is InChI=1S/C19H22N2O3S/c1-24-12-11-20-18(23)19(9-3-10-19)14-5-7-15(8-6-14)21-17(22)16-4-2-13-25-16/h2,4-8,13H,3,9-12H2,1H3,(H,20,23)(H,21,22). The molecule has 5 nitrogen and oxygen atoms in total. The summed E-state index contributed by atoms with van der Waals surface area (Å²) in [7, 11) is 1.62. The molecule has 0 atom stereocenters. The van der Waals surface area contributed by atoms with E-state index in [-0.39, 0.29) is 11.8 Å². The number of ether oxygens (including phenoxy) is 1. The van der Waals surface area contributed by atoms with E-state index < -0.39 is 5.41 Å². The summed E-state index contributed by atoms with van der Waals surface area (Å²) in [5.74, 6) is -0.0513. The highest BCUT2D eigenvalue weighted by molar-refractivity contribution is 7.12. The van der Waals surface area contributed by atoms with Crippen molar-refractivity contribution in [3.63, 3.8) is 0 Å². The summed E-state index contributed by atoms with van der Waals surface area (Å²) in [4.78, 5) is 25.4. The summed E-state index contributed by atoms with van der Waals surface area (Å²) in [6, 6.07) is 11.3. The average Bonchev–Trinajstić information content (AvgIpc) is 3.10. The SMILES string of the molecule is COCCNC(=O)C1(c2ccc(NC(=O)c3cccs3)cc2)CCC1. The van der Waals surface area contributed by atoms with Gasteiger partial charge in [0.2, 0.25) is 5.91 Å². The third-order valence-electron chi connectivity index (χ3n) is 4.67. The minimum atomic E-state index is -0.440. The lowest BCUT2D eigenvalue weighted by Crippen LogP contribution is -2.49. The summed E-state index contributed by atoms with van der Waals surface area (Å²) < 4.78 is 4.99. The molecule has 1 aromatic heterocycles. The van der Waals surface area contributed by atoms with E-state index in [1.807, 2.05) is 35.7 Å². The molecule has 0 unspecified atom stereocenters. The van der Waals surface area contributed by atoms with Gasteiger partial charge in [0, 0.05) is 19.3 Å². The topological polar surface area (TPSA) is 67.4 Å². The molecule has 0 saturated heterocycles. The molecule has 1 aliphatic carbocycles. The molecular weight excluding hydrogens is 336 g/mol. The molecule has 3 rings (SSSR count). The molecule has 0 aliphatic heterocycles. The van der Waals surface area contributed by atoms with Crippen molar-refractivity contribution in [3.05, 3.63) is 52.2 Å². The molecule has 25 heavy (non-hydrogen) atoms. The van der Waals surface area contributed by atoms with Crippen LogP contribution in [0.5, 0.6) is 0 Å². The van der Waals surface area contributed by atoms with Crippen LogP contribution in [-0.2, 0) is 14.9 Å². The van der Waals surface area contributed by atoms with Crippen LogP contribution in [-0.4, -0.2) is 32.1 Å². The molecular formula is C19H22N2O3S. The predicted octanol–water partition coefficient (Wildman–Crippen LogP) is 3.18. The molecule has 1 fully saturated rings. The molecule has 2 aromatic rings. The fraction of sp³-hybridized carbons (Fsp3) is 0.368. The third-order valence-corrected chi connectivity index (χ3v) is 5.54. The van der Waals surface area contributed by atoms with E-state index >= 15 is 0 Å². The van der Waals surface area contributed by atoms with Gasteiger partial charge >= 0.3 is 0 Å². The molecule has 0 radical (unpaired) electrons. The lowest BCUT2D eigenvalue weighted by Gasteiger charge is -2.40. The van der Waals surface area contributed by atoms with E-state index in [0.29, 0.717) is 18.0 Å². The first-order chi connectivity index (χ1) is 12.2. The summed E-state index contributed by atoms with van der Waals surface area (Å²) in [6.45, 7) is 1.03. The first kappa shape index (κ1) is 17.6. The fourth-order valence-corrected chi connectivity index (χ4v) is 3.70. The number of carbonyl (C=O) groups excluding carboxylic acids is 2. The zero-order valence-electron chi connectivity index (χ0n) is 14.2. The van der Waals surface area contributed by atoms with Gasteiger partial charge in [0.1, 0.15) is 0 Å². The molecule has 6 heteroatoms. The minimum Gasteiger partial charge on any atom is -0.383 e. The summed E-state index contributed by atoms with van der Waals surface area (Å²) in [5, 5.41) is 7.72. The Hall–Kier alpha value is -2.18. The molecule has 2 amide bonds. The number of thiophene rings is 1. The Kier molecular flexibility index (Phi) is 5.50. The van der Waals surface area contributed by atoms with Gasteiger partial charge in [0.25, 0.3) is 5.91 Å². The van der Waals surface area contributed by atoms with Crippen LogP contribution < -0.4 is 10.6 Å². The van der Waals surface area contributed by atoms with Gasteiger partial charge in [-0.25, -0.2) is 0 Å². The van der Waals surface area contributed by atoms with Gasteiger partial charge in [-0.2, -0.15) is 0 Å². The minimum absolute atomic E-state index is 0.0613. The quantitative estimate of drug-likeness (QED) is 0.747. The van der Waals surface area contributed by atoms with Crippen LogP contribution in [0.1, 0.15) is 34.5 Å². The van der Waals surface area contributed by atoms with Gasteiger partial charge in [0.15, 0.2) is 0 Å². The number of amides is 2. The smallest absolute Gasteiger partial charge is 0.265 e. The van der Waals surface area contributed by atoms with E-state index in [9.17, 15) is 9.59 Å². The molecule has 0 spiro atoms. The summed E-state index contributed by atoms with van der Waals surface area (Å²) >= 11 is 1.41. The van der Waals surface area contributed by atoms with E-state index in [4.69, 9.17) is 4.74 Å². The molecule has 0 bridgehead atoms. The lowest BCUT2D eigenvalue weighted by molar-refractivity contribution is -0.130. The lowest BCUT2D eigenvalue weighted by atomic mass is 9.64. The third kappa shape index (κ3) is 3.75. The van der Waals surface area contributed by atoms with Crippen molar-refractivity contribution in [2.45, 2.75) is 24.7 Å². The highest BCUT2D eigenvalue weighted by atomic mass is 32.1. The first-order valence-corrected chi connectivity index (χ1v) is 9.26. The normalized spacial score (nSPS) is 15.2. The highest BCUT2D eigenvalue weighted by Gasteiger charge is 2.45. The van der Waals surface area contributed by atoms with Crippen LogP contribution in [0.3, 0.4) is 0 Å². The second-order valence-corrected chi connectivity index (χ2v) is 7.14. The van der Waals surface area contributed by atoms with Gasteiger partial charge in [-0.05, 0) is 42.0 Å². The predicted molar refractivity (Wildman–Crippen MR) is 99.1 cm³/mol. The Morgan fingerprint density at radius 1 is 1.20 bits per heavy atom. The highest BCUT2D eigenvalue weighted by Crippen LogP contribution is 2.44. The van der Waals surface area contributed by atoms with Crippen molar-refractivity contribution in [1.82, 2.24) is 5.32 Å². The monoisotopic (exact) mass is 358 g/mol. The number of benzene rings is 1. The largest absolute Gasteiger partial charge is 0.383 e. The zero-order chi connectivity index (χ0) is 17.7. The first-order valence-electron chi connectivity index (χ1n) is 8.38. The molecule has 1 saturated carbocycles. The van der Waals surface area contributed by atoms with E-state index in [0.717, 1.165) is 30.5 Å². The van der Waals surface area contributed by atoms with Crippen molar-refractivity contribution in [3.8, 4) is 0 Å². The maximum Gasteiger partial charge on any atom is 0.265 e. The number of rotatable bonds is 7. The van der Waals surface area contributed by atoms with Gasteiger partial charge in [-0.3, -0.25) is 9.59 Å². The van der Waals surface area contributed by atoms with Crippen LogP contribution in [0.4, 0.5) is 5.69 Å². The summed E-state index contributed by atoms with van der Waals surface area (Å²) in [5.41, 5.74) is 1.29. The van der Waals surface area contributed by atoms with Gasteiger partial charge in [-0.1, -0.05) is 24.6 Å². The molecule has 1 aromatic carbocycles. The Bertz CT molecular complexity index is 722. The van der Waals surface area contributed by atoms with Crippen LogP contribution in [0.2, 0.25) is 0 Å².